The second-order valence-electron chi connectivity index (χ2n) is 13.6. The molecule has 7 nitrogen and oxygen atoms in total. The number of carbonyl (C=O) groups is 1. The maximum atomic E-state index is 14.0. The number of aromatic amines is 1. The van der Waals surface area contributed by atoms with Gasteiger partial charge in [-0.2, -0.15) is 0 Å². The molecule has 42 heavy (non-hydrogen) atoms. The SMILES string of the molecule is Cc1cc(C)c(CNC(=O)c2cc(C3(C4CCCCCCC4)CNN(C)C3)cc(N(C)C3CCCCC3)c2C)c(=O)[nH]1. The Morgan fingerprint density at radius 3 is 2.26 bits per heavy atom. The van der Waals surface area contributed by atoms with Gasteiger partial charge in [-0.05, 0) is 87.3 Å². The number of hydrogen-bond acceptors (Lipinski definition) is 5. The highest BCUT2D eigenvalue weighted by molar-refractivity contribution is 5.97. The summed E-state index contributed by atoms with van der Waals surface area (Å²) in [5.41, 5.74) is 10.1. The molecular formula is C35H53N5O2. The Morgan fingerprint density at radius 1 is 0.976 bits per heavy atom. The van der Waals surface area contributed by atoms with Crippen LogP contribution < -0.4 is 21.2 Å². The third-order valence-corrected chi connectivity index (χ3v) is 10.7. The predicted molar refractivity (Wildman–Crippen MR) is 172 cm³/mol. The number of amides is 1. The van der Waals surface area contributed by atoms with Gasteiger partial charge in [0.25, 0.3) is 11.5 Å². The number of anilines is 1. The lowest BCUT2D eigenvalue weighted by atomic mass is 9.66. The first-order chi connectivity index (χ1) is 20.2. The second-order valence-corrected chi connectivity index (χ2v) is 13.6. The average Bonchev–Trinajstić information content (AvgIpc) is 3.34. The lowest BCUT2D eigenvalue weighted by Gasteiger charge is -2.40. The summed E-state index contributed by atoms with van der Waals surface area (Å²) in [7, 11) is 4.39. The van der Waals surface area contributed by atoms with Crippen LogP contribution in [-0.4, -0.2) is 49.1 Å². The third kappa shape index (κ3) is 6.47. The summed E-state index contributed by atoms with van der Waals surface area (Å²) in [6.07, 6.45) is 15.3. The van der Waals surface area contributed by atoms with Crippen molar-refractivity contribution in [3.63, 3.8) is 0 Å². The van der Waals surface area contributed by atoms with E-state index in [1.165, 1.54) is 88.3 Å². The number of nitrogens with zero attached hydrogens (tertiary/aromatic N) is 2. The number of carbonyl (C=O) groups excluding carboxylic acids is 1. The molecule has 0 radical (unpaired) electrons. The van der Waals surface area contributed by atoms with E-state index < -0.39 is 0 Å². The maximum Gasteiger partial charge on any atom is 0.253 e. The predicted octanol–water partition coefficient (Wildman–Crippen LogP) is 6.05. The molecule has 2 aliphatic carbocycles. The maximum absolute atomic E-state index is 14.0. The topological polar surface area (TPSA) is 80.5 Å². The molecule has 230 valence electrons. The van der Waals surface area contributed by atoms with Crippen LogP contribution in [0.3, 0.4) is 0 Å². The molecule has 2 aromatic rings. The number of hydrazine groups is 1. The van der Waals surface area contributed by atoms with Gasteiger partial charge in [0.05, 0.1) is 0 Å². The van der Waals surface area contributed by atoms with E-state index in [0.29, 0.717) is 17.5 Å². The van der Waals surface area contributed by atoms with Crippen molar-refractivity contribution in [3.05, 3.63) is 62.1 Å². The molecule has 1 amide bonds. The second kappa shape index (κ2) is 13.3. The zero-order chi connectivity index (χ0) is 29.9. The molecule has 3 aliphatic rings. The Balaban J connectivity index is 1.55. The molecule has 1 aliphatic heterocycles. The molecule has 7 heteroatoms. The number of aryl methyl sites for hydroxylation is 2. The van der Waals surface area contributed by atoms with E-state index in [0.717, 1.165) is 35.5 Å². The molecule has 1 aromatic carbocycles. The van der Waals surface area contributed by atoms with Crippen molar-refractivity contribution in [2.45, 2.75) is 116 Å². The Morgan fingerprint density at radius 2 is 1.62 bits per heavy atom. The van der Waals surface area contributed by atoms with E-state index in [-0.39, 0.29) is 23.4 Å². The van der Waals surface area contributed by atoms with Crippen molar-refractivity contribution >= 4 is 11.6 Å². The van der Waals surface area contributed by atoms with Crippen LogP contribution in [0.25, 0.3) is 0 Å². The van der Waals surface area contributed by atoms with Crippen LogP contribution >= 0.6 is 0 Å². The van der Waals surface area contributed by atoms with Crippen molar-refractivity contribution in [2.75, 3.05) is 32.1 Å². The molecule has 1 aromatic heterocycles. The van der Waals surface area contributed by atoms with Crippen LogP contribution in [0.1, 0.15) is 115 Å². The van der Waals surface area contributed by atoms with E-state index in [1.807, 2.05) is 19.9 Å². The van der Waals surface area contributed by atoms with Gasteiger partial charge < -0.3 is 15.2 Å². The van der Waals surface area contributed by atoms with Gasteiger partial charge in [0.1, 0.15) is 0 Å². The van der Waals surface area contributed by atoms with E-state index in [2.05, 4.69) is 58.8 Å². The molecule has 0 spiro atoms. The summed E-state index contributed by atoms with van der Waals surface area (Å²) >= 11 is 0. The van der Waals surface area contributed by atoms with Crippen LogP contribution in [0.5, 0.6) is 0 Å². The third-order valence-electron chi connectivity index (χ3n) is 10.7. The van der Waals surface area contributed by atoms with Gasteiger partial charge in [0.15, 0.2) is 0 Å². The van der Waals surface area contributed by atoms with Crippen LogP contribution in [0, 0.1) is 26.7 Å². The molecule has 5 rings (SSSR count). The van der Waals surface area contributed by atoms with Gasteiger partial charge in [-0.15, -0.1) is 0 Å². The zero-order valence-electron chi connectivity index (χ0n) is 26.7. The smallest absolute Gasteiger partial charge is 0.253 e. The van der Waals surface area contributed by atoms with Crippen molar-refractivity contribution in [3.8, 4) is 0 Å². The van der Waals surface area contributed by atoms with Gasteiger partial charge in [0, 0.05) is 67.7 Å². The highest BCUT2D eigenvalue weighted by atomic mass is 16.1. The quantitative estimate of drug-likeness (QED) is 0.375. The van der Waals surface area contributed by atoms with Crippen molar-refractivity contribution < 1.29 is 4.79 Å². The summed E-state index contributed by atoms with van der Waals surface area (Å²) in [6.45, 7) is 8.01. The molecule has 1 atom stereocenters. The van der Waals surface area contributed by atoms with Crippen molar-refractivity contribution in [1.82, 2.24) is 20.7 Å². The van der Waals surface area contributed by atoms with E-state index in [9.17, 15) is 9.59 Å². The van der Waals surface area contributed by atoms with Crippen molar-refractivity contribution in [2.24, 2.45) is 5.92 Å². The number of H-pyrrole nitrogens is 1. The normalized spacial score (nSPS) is 23.0. The van der Waals surface area contributed by atoms with Gasteiger partial charge in [0.2, 0.25) is 0 Å². The Bertz CT molecular complexity index is 1310. The fraction of sp³-hybridized carbons (Fsp3) is 0.657. The van der Waals surface area contributed by atoms with Crippen LogP contribution in [0.2, 0.25) is 0 Å². The molecular weight excluding hydrogens is 522 g/mol. The summed E-state index contributed by atoms with van der Waals surface area (Å²) in [5, 5.41) is 5.40. The van der Waals surface area contributed by atoms with Gasteiger partial charge >= 0.3 is 0 Å². The van der Waals surface area contributed by atoms with Gasteiger partial charge in [-0.3, -0.25) is 15.0 Å². The molecule has 1 saturated heterocycles. The fourth-order valence-corrected chi connectivity index (χ4v) is 8.14. The van der Waals surface area contributed by atoms with E-state index in [1.54, 1.807) is 0 Å². The van der Waals surface area contributed by atoms with E-state index in [4.69, 9.17) is 0 Å². The summed E-state index contributed by atoms with van der Waals surface area (Å²) in [5.74, 6) is 0.481. The molecule has 3 N–H and O–H groups in total. The minimum absolute atomic E-state index is 0.0400. The highest BCUT2D eigenvalue weighted by Crippen LogP contribution is 2.44. The summed E-state index contributed by atoms with van der Waals surface area (Å²) in [4.78, 5) is 32.1. The summed E-state index contributed by atoms with van der Waals surface area (Å²) < 4.78 is 0. The highest BCUT2D eigenvalue weighted by Gasteiger charge is 2.45. The Kier molecular flexibility index (Phi) is 9.78. The number of rotatable bonds is 7. The minimum Gasteiger partial charge on any atom is -0.371 e. The van der Waals surface area contributed by atoms with Crippen LogP contribution in [-0.2, 0) is 12.0 Å². The first-order valence-corrected chi connectivity index (χ1v) is 16.5. The van der Waals surface area contributed by atoms with Crippen LogP contribution in [0.4, 0.5) is 5.69 Å². The average molecular weight is 576 g/mol. The molecule has 2 saturated carbocycles. The standard InChI is InChI=1S/C35H53N5O2/c1-24-18-25(2)38-34(42)31(24)21-36-33(41)30-19-28(20-32(26(30)3)40(5)29-16-12-9-13-17-29)35(22-37-39(4)23-35)27-14-10-7-6-8-11-15-27/h18-20,27,29,37H,6-17,21-23H2,1-5H3,(H,36,41)(H,38,42). The number of likely N-dealkylation sites (N-methyl/N-ethyl adjacent to an activating group) is 1. The number of aromatic nitrogens is 1. The molecule has 2 heterocycles. The minimum atomic E-state index is -0.126. The molecule has 3 fully saturated rings. The number of nitrogens with one attached hydrogen (secondary N) is 3. The van der Waals surface area contributed by atoms with Crippen LogP contribution in [0.15, 0.2) is 23.0 Å². The largest absolute Gasteiger partial charge is 0.371 e. The Hall–Kier alpha value is -2.64. The Labute approximate surface area is 252 Å². The lowest BCUT2D eigenvalue weighted by Crippen LogP contribution is -2.42. The number of benzene rings is 1. The molecule has 0 bridgehead atoms. The monoisotopic (exact) mass is 575 g/mol. The van der Waals surface area contributed by atoms with Gasteiger partial charge in [-0.25, -0.2) is 5.01 Å². The van der Waals surface area contributed by atoms with Crippen molar-refractivity contribution in [1.29, 1.82) is 0 Å². The van der Waals surface area contributed by atoms with Gasteiger partial charge in [-0.1, -0.05) is 51.4 Å². The first-order valence-electron chi connectivity index (χ1n) is 16.5. The molecule has 1 unspecified atom stereocenters. The van der Waals surface area contributed by atoms with E-state index >= 15 is 0 Å². The number of hydrogen-bond donors (Lipinski definition) is 3. The zero-order valence-corrected chi connectivity index (χ0v) is 26.7. The fourth-order valence-electron chi connectivity index (χ4n) is 8.14. The lowest BCUT2D eigenvalue weighted by molar-refractivity contribution is 0.0949. The first kappa shape index (κ1) is 30.8. The summed E-state index contributed by atoms with van der Waals surface area (Å²) in [6, 6.07) is 7.11. The number of pyridine rings is 1.